The number of imidazole rings is 1. The molecular weight excluding hydrogens is 250 g/mol. The summed E-state index contributed by atoms with van der Waals surface area (Å²) in [6, 6.07) is 7.88. The third kappa shape index (κ3) is 2.09. The lowest BCUT2D eigenvalue weighted by molar-refractivity contribution is -0.123. The van der Waals surface area contributed by atoms with Gasteiger partial charge in [0.15, 0.2) is 0 Å². The molecule has 4 rings (SSSR count). The molecule has 20 heavy (non-hydrogen) atoms. The predicted octanol–water partition coefficient (Wildman–Crippen LogP) is 2.79. The molecule has 2 N–H and O–H groups in total. The van der Waals surface area contributed by atoms with Crippen molar-refractivity contribution in [3.05, 3.63) is 30.1 Å². The minimum absolute atomic E-state index is 0.0599. The lowest BCUT2D eigenvalue weighted by atomic mass is 10.2. The Balaban J connectivity index is 1.44. The van der Waals surface area contributed by atoms with Crippen molar-refractivity contribution in [3.8, 4) is 0 Å². The minimum Gasteiger partial charge on any atom is -0.346 e. The number of hydrogen-bond donors (Lipinski definition) is 2. The van der Waals surface area contributed by atoms with Crippen molar-refractivity contribution in [3.63, 3.8) is 0 Å². The monoisotopic (exact) mass is 269 g/mol. The minimum atomic E-state index is -0.0599. The first-order valence-corrected chi connectivity index (χ1v) is 7.47. The summed E-state index contributed by atoms with van der Waals surface area (Å²) in [5.41, 5.74) is 1.97. The first-order valence-electron chi connectivity index (χ1n) is 7.47. The van der Waals surface area contributed by atoms with Crippen LogP contribution < -0.4 is 5.32 Å². The highest BCUT2D eigenvalue weighted by Gasteiger charge is 2.51. The number of para-hydroxylation sites is 2. The van der Waals surface area contributed by atoms with Crippen LogP contribution in [0.5, 0.6) is 0 Å². The molecule has 1 aromatic heterocycles. The molecule has 2 saturated carbocycles. The molecule has 2 fully saturated rings. The van der Waals surface area contributed by atoms with Gasteiger partial charge in [0.25, 0.3) is 0 Å². The summed E-state index contributed by atoms with van der Waals surface area (Å²) in [5, 5.41) is 3.10. The maximum atomic E-state index is 12.2. The number of hydrogen-bond acceptors (Lipinski definition) is 2. The van der Waals surface area contributed by atoms with Crippen LogP contribution in [0, 0.1) is 17.8 Å². The van der Waals surface area contributed by atoms with Crippen LogP contribution in [-0.2, 0) is 4.79 Å². The third-order valence-electron chi connectivity index (χ3n) is 4.58. The van der Waals surface area contributed by atoms with E-state index < -0.39 is 0 Å². The van der Waals surface area contributed by atoms with Crippen molar-refractivity contribution in [1.82, 2.24) is 15.3 Å². The van der Waals surface area contributed by atoms with E-state index in [9.17, 15) is 4.79 Å². The van der Waals surface area contributed by atoms with Gasteiger partial charge in [-0.25, -0.2) is 4.98 Å². The van der Waals surface area contributed by atoms with E-state index in [0.717, 1.165) is 29.2 Å². The standard InChI is InChI=1S/C16H19N3O/c1-9(15-18-13-4-2-3-5-14(13)19-15)17-16(20)12-8-11(12)10-6-7-10/h2-5,9-12H,6-8H2,1H3,(H,17,20)(H,18,19)/t9-,11+,12-/m0/s1. The van der Waals surface area contributed by atoms with E-state index in [2.05, 4.69) is 15.3 Å². The zero-order valence-electron chi connectivity index (χ0n) is 11.6. The molecule has 4 nitrogen and oxygen atoms in total. The van der Waals surface area contributed by atoms with Gasteiger partial charge in [-0.2, -0.15) is 0 Å². The van der Waals surface area contributed by atoms with Gasteiger partial charge in [0.05, 0.1) is 17.1 Å². The average molecular weight is 269 g/mol. The van der Waals surface area contributed by atoms with Gasteiger partial charge in [0.2, 0.25) is 5.91 Å². The van der Waals surface area contributed by atoms with Crippen LogP contribution in [0.25, 0.3) is 11.0 Å². The molecule has 4 heteroatoms. The smallest absolute Gasteiger partial charge is 0.223 e. The summed E-state index contributed by atoms with van der Waals surface area (Å²) in [6.45, 7) is 1.99. The fraction of sp³-hybridized carbons (Fsp3) is 0.500. The van der Waals surface area contributed by atoms with Gasteiger partial charge in [-0.15, -0.1) is 0 Å². The molecule has 0 saturated heterocycles. The number of aromatic nitrogens is 2. The fourth-order valence-electron chi connectivity index (χ4n) is 3.13. The maximum Gasteiger partial charge on any atom is 0.223 e. The van der Waals surface area contributed by atoms with Crippen molar-refractivity contribution in [2.75, 3.05) is 0 Å². The van der Waals surface area contributed by atoms with Crippen LogP contribution in [0.2, 0.25) is 0 Å². The molecule has 0 bridgehead atoms. The van der Waals surface area contributed by atoms with Crippen LogP contribution in [0.1, 0.15) is 38.1 Å². The Hall–Kier alpha value is -1.84. The SMILES string of the molecule is C[C@H](NC(=O)[C@H]1C[C@@H]1C1CC1)c1nc2ccccc2[nH]1. The number of fused-ring (bicyclic) bond motifs is 1. The molecule has 1 amide bonds. The van der Waals surface area contributed by atoms with Crippen LogP contribution in [-0.4, -0.2) is 15.9 Å². The molecule has 2 aromatic rings. The van der Waals surface area contributed by atoms with Crippen LogP contribution in [0.15, 0.2) is 24.3 Å². The van der Waals surface area contributed by atoms with Gasteiger partial charge in [-0.05, 0) is 50.2 Å². The average Bonchev–Trinajstić information content (AvgIpc) is 3.31. The predicted molar refractivity (Wildman–Crippen MR) is 77.0 cm³/mol. The largest absolute Gasteiger partial charge is 0.346 e. The summed E-state index contributed by atoms with van der Waals surface area (Å²) in [4.78, 5) is 20.0. The number of aromatic amines is 1. The van der Waals surface area contributed by atoms with Crippen LogP contribution in [0.4, 0.5) is 0 Å². The summed E-state index contributed by atoms with van der Waals surface area (Å²) in [7, 11) is 0. The number of rotatable bonds is 4. The van der Waals surface area contributed by atoms with E-state index in [1.165, 1.54) is 12.8 Å². The van der Waals surface area contributed by atoms with Crippen molar-refractivity contribution in [1.29, 1.82) is 0 Å². The van der Waals surface area contributed by atoms with Gasteiger partial charge in [0, 0.05) is 5.92 Å². The normalized spacial score (nSPS) is 26.4. The number of carbonyl (C=O) groups is 1. The van der Waals surface area contributed by atoms with Crippen LogP contribution >= 0.6 is 0 Å². The number of nitrogens with one attached hydrogen (secondary N) is 2. The Morgan fingerprint density at radius 1 is 1.40 bits per heavy atom. The molecule has 0 spiro atoms. The van der Waals surface area contributed by atoms with Gasteiger partial charge >= 0.3 is 0 Å². The number of nitrogens with zero attached hydrogens (tertiary/aromatic N) is 1. The molecule has 104 valence electrons. The van der Waals surface area contributed by atoms with E-state index in [0.29, 0.717) is 5.92 Å². The lowest BCUT2D eigenvalue weighted by Crippen LogP contribution is -2.29. The summed E-state index contributed by atoms with van der Waals surface area (Å²) >= 11 is 0. The molecule has 2 aliphatic rings. The third-order valence-corrected chi connectivity index (χ3v) is 4.58. The summed E-state index contributed by atoms with van der Waals surface area (Å²) < 4.78 is 0. The van der Waals surface area contributed by atoms with Crippen molar-refractivity contribution in [2.45, 2.75) is 32.2 Å². The number of amides is 1. The van der Waals surface area contributed by atoms with Gasteiger partial charge in [-0.1, -0.05) is 12.1 Å². The molecule has 0 radical (unpaired) electrons. The Morgan fingerprint density at radius 3 is 2.95 bits per heavy atom. The van der Waals surface area contributed by atoms with Gasteiger partial charge in [0.1, 0.15) is 5.82 Å². The Morgan fingerprint density at radius 2 is 2.20 bits per heavy atom. The first kappa shape index (κ1) is 11.9. The van der Waals surface area contributed by atoms with Gasteiger partial charge in [-0.3, -0.25) is 4.79 Å². The zero-order valence-corrected chi connectivity index (χ0v) is 11.6. The maximum absolute atomic E-state index is 12.2. The molecular formula is C16H19N3O. The van der Waals surface area contributed by atoms with E-state index in [-0.39, 0.29) is 17.9 Å². The quantitative estimate of drug-likeness (QED) is 0.896. The van der Waals surface area contributed by atoms with Gasteiger partial charge < -0.3 is 10.3 Å². The molecule has 1 aromatic carbocycles. The second kappa shape index (κ2) is 4.33. The molecule has 1 heterocycles. The summed E-state index contributed by atoms with van der Waals surface area (Å²) in [6.07, 6.45) is 3.74. The lowest BCUT2D eigenvalue weighted by Gasteiger charge is -2.11. The molecule has 3 atom stereocenters. The van der Waals surface area contributed by atoms with E-state index in [4.69, 9.17) is 0 Å². The topological polar surface area (TPSA) is 57.8 Å². The van der Waals surface area contributed by atoms with E-state index >= 15 is 0 Å². The Bertz CT molecular complexity index is 626. The zero-order chi connectivity index (χ0) is 13.7. The van der Waals surface area contributed by atoms with Crippen LogP contribution in [0.3, 0.4) is 0 Å². The molecule has 0 unspecified atom stereocenters. The Kier molecular flexibility index (Phi) is 2.59. The highest BCUT2D eigenvalue weighted by molar-refractivity contribution is 5.82. The molecule has 0 aliphatic heterocycles. The van der Waals surface area contributed by atoms with Crippen molar-refractivity contribution < 1.29 is 4.79 Å². The highest BCUT2D eigenvalue weighted by atomic mass is 16.2. The van der Waals surface area contributed by atoms with E-state index in [1.54, 1.807) is 0 Å². The molecule has 2 aliphatic carbocycles. The highest BCUT2D eigenvalue weighted by Crippen LogP contribution is 2.54. The first-order chi connectivity index (χ1) is 9.72. The Labute approximate surface area is 118 Å². The second-order valence-electron chi connectivity index (χ2n) is 6.21. The number of benzene rings is 1. The van der Waals surface area contributed by atoms with Crippen molar-refractivity contribution >= 4 is 16.9 Å². The fourth-order valence-corrected chi connectivity index (χ4v) is 3.13. The number of H-pyrrole nitrogens is 1. The van der Waals surface area contributed by atoms with E-state index in [1.807, 2.05) is 31.2 Å². The summed E-state index contributed by atoms with van der Waals surface area (Å²) in [5.74, 6) is 2.80. The number of carbonyl (C=O) groups excluding carboxylic acids is 1. The van der Waals surface area contributed by atoms with Crippen molar-refractivity contribution in [2.24, 2.45) is 17.8 Å². The second-order valence-corrected chi connectivity index (χ2v) is 6.21.